The van der Waals surface area contributed by atoms with Gasteiger partial charge in [-0.1, -0.05) is 18.2 Å². The zero-order chi connectivity index (χ0) is 28.0. The van der Waals surface area contributed by atoms with E-state index in [9.17, 15) is 4.79 Å². The molecule has 41 heavy (non-hydrogen) atoms. The van der Waals surface area contributed by atoms with Gasteiger partial charge in [0.2, 0.25) is 12.7 Å². The van der Waals surface area contributed by atoms with E-state index in [0.29, 0.717) is 24.6 Å². The number of fused-ring (bicyclic) bond motifs is 2. The summed E-state index contributed by atoms with van der Waals surface area (Å²) >= 11 is 1.52. The molecule has 1 saturated heterocycles. The summed E-state index contributed by atoms with van der Waals surface area (Å²) in [6.45, 7) is 2.88. The van der Waals surface area contributed by atoms with Crippen LogP contribution < -0.4 is 29.1 Å². The average molecular weight is 571 g/mol. The van der Waals surface area contributed by atoms with Crippen LogP contribution in [0.4, 0.5) is 5.69 Å². The fraction of sp³-hybridized carbons (Fsp3) is 0.312. The molecule has 8 nitrogen and oxygen atoms in total. The minimum Gasteiger partial charge on any atom is -0.497 e. The first kappa shape index (κ1) is 27.2. The first-order valence-corrected chi connectivity index (χ1v) is 14.8. The van der Waals surface area contributed by atoms with E-state index in [1.54, 1.807) is 7.11 Å². The van der Waals surface area contributed by atoms with Crippen LogP contribution >= 0.6 is 11.9 Å². The van der Waals surface area contributed by atoms with Crippen molar-refractivity contribution in [3.63, 3.8) is 0 Å². The van der Waals surface area contributed by atoms with Crippen molar-refractivity contribution in [2.24, 2.45) is 5.92 Å². The number of anilines is 1. The van der Waals surface area contributed by atoms with E-state index in [1.165, 1.54) is 17.6 Å². The molecule has 6 rings (SSSR count). The third kappa shape index (κ3) is 6.69. The van der Waals surface area contributed by atoms with Crippen molar-refractivity contribution < 1.29 is 19.0 Å². The fourth-order valence-electron chi connectivity index (χ4n) is 5.35. The average Bonchev–Trinajstić information content (AvgIpc) is 3.50. The topological polar surface area (TPSA) is 85.0 Å². The Morgan fingerprint density at radius 1 is 1.00 bits per heavy atom. The van der Waals surface area contributed by atoms with Gasteiger partial charge in [0.1, 0.15) is 5.75 Å². The number of carbonyl (C=O) groups excluding carboxylic acids is 1. The van der Waals surface area contributed by atoms with Crippen molar-refractivity contribution in [2.45, 2.75) is 30.2 Å². The monoisotopic (exact) mass is 570 g/mol. The van der Waals surface area contributed by atoms with Gasteiger partial charge < -0.3 is 24.4 Å². The van der Waals surface area contributed by atoms with E-state index < -0.39 is 0 Å². The molecule has 0 bridgehead atoms. The van der Waals surface area contributed by atoms with Gasteiger partial charge in [-0.25, -0.2) is 0 Å². The molecule has 0 aliphatic carbocycles. The number of pyridine rings is 1. The molecule has 1 atom stereocenters. The first-order chi connectivity index (χ1) is 20.1. The summed E-state index contributed by atoms with van der Waals surface area (Å²) in [6.07, 6.45) is 6.09. The highest BCUT2D eigenvalue weighted by Gasteiger charge is 2.23. The van der Waals surface area contributed by atoms with Crippen LogP contribution in [0, 0.1) is 5.92 Å². The number of ether oxygens (including phenoxy) is 3. The van der Waals surface area contributed by atoms with Crippen LogP contribution in [0.15, 0.2) is 84.0 Å². The summed E-state index contributed by atoms with van der Waals surface area (Å²) in [5.74, 6) is 2.78. The van der Waals surface area contributed by atoms with Crippen molar-refractivity contribution in [1.29, 1.82) is 0 Å². The maximum Gasteiger partial charge on any atom is 0.231 e. The minimum atomic E-state index is -0.213. The molecule has 0 saturated carbocycles. The number of amides is 1. The molecule has 0 spiro atoms. The van der Waals surface area contributed by atoms with Crippen LogP contribution in [0.5, 0.6) is 17.2 Å². The fourth-order valence-corrected chi connectivity index (χ4v) is 6.17. The normalized spacial score (nSPS) is 15.6. The predicted octanol–water partition coefficient (Wildman–Crippen LogP) is 5.73. The maximum absolute atomic E-state index is 13.2. The van der Waals surface area contributed by atoms with E-state index in [2.05, 4.69) is 56.3 Å². The lowest BCUT2D eigenvalue weighted by molar-refractivity contribution is -0.121. The van der Waals surface area contributed by atoms with E-state index in [4.69, 9.17) is 14.2 Å². The Balaban J connectivity index is 1.08. The molecule has 9 heteroatoms. The number of methoxy groups -OCH3 is 1. The number of hydrogen-bond acceptors (Lipinski definition) is 8. The Morgan fingerprint density at radius 2 is 1.78 bits per heavy atom. The smallest absolute Gasteiger partial charge is 0.231 e. The van der Waals surface area contributed by atoms with Crippen LogP contribution in [-0.4, -0.2) is 44.4 Å². The standard InChI is InChI=1S/C32H34N4O4S/c1-38-27-5-2-24-17-28(6-3-23(24)16-27)41-35-29(25-4-7-30-31(18-25)40-21-39-30)19-32(37)34-20-22-10-14-36(15-11-22)26-8-12-33-13-9-26/h2-9,12-13,16-18,22,29,35H,10-11,14-15,19-21H2,1H3,(H,34,37). The first-order valence-electron chi connectivity index (χ1n) is 14.0. The quantitative estimate of drug-likeness (QED) is 0.234. The van der Waals surface area contributed by atoms with Crippen LogP contribution in [-0.2, 0) is 4.79 Å². The van der Waals surface area contributed by atoms with Crippen molar-refractivity contribution >= 4 is 34.3 Å². The number of carbonyl (C=O) groups is 1. The molecule has 3 aromatic carbocycles. The zero-order valence-electron chi connectivity index (χ0n) is 23.0. The van der Waals surface area contributed by atoms with Crippen molar-refractivity contribution in [2.75, 3.05) is 38.4 Å². The summed E-state index contributed by atoms with van der Waals surface area (Å²) < 4.78 is 20.0. The molecular weight excluding hydrogens is 536 g/mol. The number of aromatic nitrogens is 1. The van der Waals surface area contributed by atoms with E-state index in [0.717, 1.165) is 58.7 Å². The Kier molecular flexibility index (Phi) is 8.44. The van der Waals surface area contributed by atoms with Crippen LogP contribution in [0.2, 0.25) is 0 Å². The van der Waals surface area contributed by atoms with Crippen LogP contribution in [0.1, 0.15) is 30.9 Å². The summed E-state index contributed by atoms with van der Waals surface area (Å²) in [5, 5.41) is 5.46. The number of benzene rings is 3. The number of piperidine rings is 1. The Bertz CT molecular complexity index is 1490. The third-order valence-corrected chi connectivity index (χ3v) is 8.65. The maximum atomic E-state index is 13.2. The highest BCUT2D eigenvalue weighted by molar-refractivity contribution is 7.97. The van der Waals surface area contributed by atoms with Crippen molar-refractivity contribution in [3.8, 4) is 17.2 Å². The SMILES string of the molecule is COc1ccc2cc(SNC(CC(=O)NCC3CCN(c4ccncc4)CC3)c3ccc4c(c3)OCO4)ccc2c1. The summed E-state index contributed by atoms with van der Waals surface area (Å²) in [6, 6.07) is 22.1. The second-order valence-corrected chi connectivity index (χ2v) is 11.3. The number of rotatable bonds is 10. The third-order valence-electron chi connectivity index (χ3n) is 7.76. The second-order valence-electron chi connectivity index (χ2n) is 10.4. The number of hydrogen-bond donors (Lipinski definition) is 2. The van der Waals surface area contributed by atoms with Gasteiger partial charge >= 0.3 is 0 Å². The highest BCUT2D eigenvalue weighted by atomic mass is 32.2. The Hall–Kier alpha value is -3.95. The summed E-state index contributed by atoms with van der Waals surface area (Å²) in [7, 11) is 1.68. The van der Waals surface area contributed by atoms with Gasteiger partial charge in [0, 0.05) is 49.0 Å². The van der Waals surface area contributed by atoms with Crippen molar-refractivity contribution in [1.82, 2.24) is 15.0 Å². The minimum absolute atomic E-state index is 0.0305. The lowest BCUT2D eigenvalue weighted by Crippen LogP contribution is -2.39. The lowest BCUT2D eigenvalue weighted by Gasteiger charge is -2.33. The Morgan fingerprint density at radius 3 is 2.61 bits per heavy atom. The van der Waals surface area contributed by atoms with Crippen molar-refractivity contribution in [3.05, 3.63) is 84.7 Å². The largest absolute Gasteiger partial charge is 0.497 e. The van der Waals surface area contributed by atoms with Gasteiger partial charge in [-0.2, -0.15) is 0 Å². The number of nitrogens with one attached hydrogen (secondary N) is 2. The molecule has 1 fully saturated rings. The molecule has 0 radical (unpaired) electrons. The van der Waals surface area contributed by atoms with Gasteiger partial charge in [0.15, 0.2) is 11.5 Å². The molecule has 1 unspecified atom stereocenters. The van der Waals surface area contributed by atoms with Gasteiger partial charge in [-0.3, -0.25) is 14.5 Å². The van der Waals surface area contributed by atoms with E-state index in [-0.39, 0.29) is 18.7 Å². The molecule has 2 N–H and O–H groups in total. The van der Waals surface area contributed by atoms with Gasteiger partial charge in [0.05, 0.1) is 13.2 Å². The molecule has 4 aromatic rings. The second kappa shape index (κ2) is 12.7. The zero-order valence-corrected chi connectivity index (χ0v) is 23.9. The van der Waals surface area contributed by atoms with Gasteiger partial charge in [0.25, 0.3) is 0 Å². The molecule has 212 valence electrons. The molecule has 1 amide bonds. The predicted molar refractivity (Wildman–Crippen MR) is 162 cm³/mol. The van der Waals surface area contributed by atoms with E-state index in [1.807, 2.05) is 42.7 Å². The summed E-state index contributed by atoms with van der Waals surface area (Å²) in [5.41, 5.74) is 2.19. The molecule has 2 aliphatic heterocycles. The molecular formula is C32H34N4O4S. The van der Waals surface area contributed by atoms with Gasteiger partial charge in [-0.05, 0) is 95.6 Å². The molecule has 1 aromatic heterocycles. The molecule has 2 aliphatic rings. The summed E-state index contributed by atoms with van der Waals surface area (Å²) in [4.78, 5) is 20.8. The van der Waals surface area contributed by atoms with Gasteiger partial charge in [-0.15, -0.1) is 0 Å². The van der Waals surface area contributed by atoms with Crippen LogP contribution in [0.3, 0.4) is 0 Å². The lowest BCUT2D eigenvalue weighted by atomic mass is 9.96. The van der Waals surface area contributed by atoms with E-state index >= 15 is 0 Å². The number of nitrogens with zero attached hydrogens (tertiary/aromatic N) is 2. The van der Waals surface area contributed by atoms with Crippen LogP contribution in [0.25, 0.3) is 10.8 Å². The molecule has 3 heterocycles. The Labute approximate surface area is 244 Å². The highest BCUT2D eigenvalue weighted by Crippen LogP contribution is 2.36.